The Bertz CT molecular complexity index is 470. The molecule has 0 aliphatic rings. The zero-order valence-corrected chi connectivity index (χ0v) is 12.1. The number of hydrogen-bond acceptors (Lipinski definition) is 4. The molecule has 0 spiro atoms. The van der Waals surface area contributed by atoms with Gasteiger partial charge in [-0.3, -0.25) is 4.79 Å². The third-order valence-corrected chi connectivity index (χ3v) is 2.91. The Labute approximate surface area is 122 Å². The third-order valence-electron chi connectivity index (χ3n) is 2.91. The molecule has 0 aliphatic carbocycles. The topological polar surface area (TPSA) is 64.8 Å². The lowest BCUT2D eigenvalue weighted by Crippen LogP contribution is -2.39. The van der Waals surface area contributed by atoms with Crippen LogP contribution in [0.15, 0.2) is 18.2 Å². The van der Waals surface area contributed by atoms with Gasteiger partial charge in [0.2, 0.25) is 5.91 Å². The first-order chi connectivity index (χ1) is 10.0. The van der Waals surface area contributed by atoms with Crippen molar-refractivity contribution in [2.24, 2.45) is 5.73 Å². The highest BCUT2D eigenvalue weighted by molar-refractivity contribution is 5.79. The second-order valence-electron chi connectivity index (χ2n) is 4.39. The molecule has 0 fully saturated rings. The first kappa shape index (κ1) is 17.2. The van der Waals surface area contributed by atoms with E-state index in [0.29, 0.717) is 17.1 Å². The van der Waals surface area contributed by atoms with Crippen LogP contribution in [-0.4, -0.2) is 51.1 Å². The number of halogens is 2. The normalized spacial score (nSPS) is 10.6. The van der Waals surface area contributed by atoms with Crippen LogP contribution in [0.25, 0.3) is 0 Å². The molecule has 0 saturated heterocycles. The van der Waals surface area contributed by atoms with Crippen molar-refractivity contribution in [3.8, 4) is 11.5 Å². The summed E-state index contributed by atoms with van der Waals surface area (Å²) in [6, 6.07) is 5.02. The number of hydrogen-bond donors (Lipinski definition) is 1. The molecule has 21 heavy (non-hydrogen) atoms. The maximum atomic E-state index is 12.5. The summed E-state index contributed by atoms with van der Waals surface area (Å²) < 4.78 is 35.1. The molecule has 0 bridgehead atoms. The Hall–Kier alpha value is -1.89. The van der Waals surface area contributed by atoms with E-state index in [4.69, 9.17) is 15.2 Å². The van der Waals surface area contributed by atoms with E-state index in [-0.39, 0.29) is 19.5 Å². The number of nitrogens with two attached hydrogens (primary N) is 1. The molecule has 7 heteroatoms. The van der Waals surface area contributed by atoms with Crippen molar-refractivity contribution in [3.63, 3.8) is 0 Å². The maximum absolute atomic E-state index is 12.5. The summed E-state index contributed by atoms with van der Waals surface area (Å²) in [5.41, 5.74) is 6.01. The number of carbonyl (C=O) groups is 1. The summed E-state index contributed by atoms with van der Waals surface area (Å²) in [7, 11) is 3.00. The van der Waals surface area contributed by atoms with E-state index in [0.717, 1.165) is 4.90 Å². The number of rotatable bonds is 8. The van der Waals surface area contributed by atoms with Crippen molar-refractivity contribution in [2.45, 2.75) is 12.8 Å². The lowest BCUT2D eigenvalue weighted by molar-refractivity contribution is -0.132. The lowest BCUT2D eigenvalue weighted by atomic mass is 10.1. The second kappa shape index (κ2) is 8.41. The monoisotopic (exact) mass is 302 g/mol. The van der Waals surface area contributed by atoms with Crippen LogP contribution in [0.4, 0.5) is 8.78 Å². The summed E-state index contributed by atoms with van der Waals surface area (Å²) in [6.45, 7) is -0.357. The van der Waals surface area contributed by atoms with E-state index in [9.17, 15) is 13.6 Å². The van der Waals surface area contributed by atoms with Gasteiger partial charge in [-0.25, -0.2) is 8.78 Å². The van der Waals surface area contributed by atoms with Crippen LogP contribution in [0.2, 0.25) is 0 Å². The van der Waals surface area contributed by atoms with Gasteiger partial charge in [0.1, 0.15) is 0 Å². The fraction of sp³-hybridized carbons (Fsp3) is 0.500. The molecular formula is C14H20F2N2O3. The molecule has 1 amide bonds. The highest BCUT2D eigenvalue weighted by Crippen LogP contribution is 2.27. The van der Waals surface area contributed by atoms with Crippen LogP contribution in [0.5, 0.6) is 11.5 Å². The minimum atomic E-state index is -2.58. The molecule has 0 aliphatic heterocycles. The Kier molecular flexibility index (Phi) is 6.87. The van der Waals surface area contributed by atoms with Crippen LogP contribution in [0.1, 0.15) is 5.56 Å². The molecular weight excluding hydrogens is 282 g/mol. The van der Waals surface area contributed by atoms with Gasteiger partial charge >= 0.3 is 0 Å². The highest BCUT2D eigenvalue weighted by atomic mass is 19.3. The average Bonchev–Trinajstić information content (AvgIpc) is 2.46. The summed E-state index contributed by atoms with van der Waals surface area (Å²) in [4.78, 5) is 13.1. The fourth-order valence-corrected chi connectivity index (χ4v) is 1.92. The van der Waals surface area contributed by atoms with Crippen molar-refractivity contribution in [1.29, 1.82) is 0 Å². The quantitative estimate of drug-likeness (QED) is 0.786. The number of methoxy groups -OCH3 is 2. The largest absolute Gasteiger partial charge is 0.493 e. The Morgan fingerprint density at radius 2 is 1.95 bits per heavy atom. The van der Waals surface area contributed by atoms with Crippen molar-refractivity contribution >= 4 is 5.91 Å². The van der Waals surface area contributed by atoms with Crippen LogP contribution in [-0.2, 0) is 11.2 Å². The Balaban J connectivity index is 2.80. The van der Waals surface area contributed by atoms with Crippen LogP contribution in [0, 0.1) is 0 Å². The molecule has 0 aromatic heterocycles. The zero-order valence-electron chi connectivity index (χ0n) is 12.1. The van der Waals surface area contributed by atoms with E-state index in [1.165, 1.54) is 14.2 Å². The number of benzene rings is 1. The van der Waals surface area contributed by atoms with Gasteiger partial charge in [0.05, 0.1) is 27.2 Å². The van der Waals surface area contributed by atoms with Gasteiger partial charge in [0.15, 0.2) is 11.5 Å². The number of alkyl halides is 2. The minimum Gasteiger partial charge on any atom is -0.493 e. The third kappa shape index (κ3) is 5.18. The SMILES string of the molecule is COc1ccc(CC(=O)N(CCN)CC(F)F)cc1OC. The van der Waals surface area contributed by atoms with Gasteiger partial charge in [-0.1, -0.05) is 6.07 Å². The first-order valence-electron chi connectivity index (χ1n) is 6.48. The summed E-state index contributed by atoms with van der Waals surface area (Å²) in [6.07, 6.45) is -2.57. The van der Waals surface area contributed by atoms with Crippen LogP contribution >= 0.6 is 0 Å². The zero-order chi connectivity index (χ0) is 15.8. The van der Waals surface area contributed by atoms with Crippen molar-refractivity contribution in [2.75, 3.05) is 33.9 Å². The van der Waals surface area contributed by atoms with Crippen LogP contribution in [0.3, 0.4) is 0 Å². The average molecular weight is 302 g/mol. The Morgan fingerprint density at radius 3 is 2.48 bits per heavy atom. The predicted octanol–water partition coefficient (Wildman–Crippen LogP) is 1.30. The molecule has 1 rings (SSSR count). The molecule has 0 saturated carbocycles. The summed E-state index contributed by atoms with van der Waals surface area (Å²) in [5.74, 6) is 0.634. The number of ether oxygens (including phenoxy) is 2. The second-order valence-corrected chi connectivity index (χ2v) is 4.39. The molecule has 0 heterocycles. The molecule has 0 radical (unpaired) electrons. The molecule has 2 N–H and O–H groups in total. The fourth-order valence-electron chi connectivity index (χ4n) is 1.92. The molecule has 118 valence electrons. The maximum Gasteiger partial charge on any atom is 0.255 e. The summed E-state index contributed by atoms with van der Waals surface area (Å²) >= 11 is 0. The van der Waals surface area contributed by atoms with E-state index in [1.807, 2.05) is 0 Å². The van der Waals surface area contributed by atoms with Crippen molar-refractivity contribution < 1.29 is 23.0 Å². The van der Waals surface area contributed by atoms with Crippen LogP contribution < -0.4 is 15.2 Å². The lowest BCUT2D eigenvalue weighted by Gasteiger charge is -2.21. The van der Waals surface area contributed by atoms with E-state index >= 15 is 0 Å². The molecule has 0 atom stereocenters. The Morgan fingerprint density at radius 1 is 1.29 bits per heavy atom. The van der Waals surface area contributed by atoms with Gasteiger partial charge in [0.25, 0.3) is 6.43 Å². The predicted molar refractivity (Wildman–Crippen MR) is 74.9 cm³/mol. The van der Waals surface area contributed by atoms with Crippen molar-refractivity contribution in [1.82, 2.24) is 4.90 Å². The van der Waals surface area contributed by atoms with Gasteiger partial charge in [-0.2, -0.15) is 0 Å². The van der Waals surface area contributed by atoms with Gasteiger partial charge < -0.3 is 20.1 Å². The minimum absolute atomic E-state index is 0.00702. The number of carbonyl (C=O) groups excluding carboxylic acids is 1. The highest BCUT2D eigenvalue weighted by Gasteiger charge is 2.18. The van der Waals surface area contributed by atoms with Gasteiger partial charge in [0, 0.05) is 13.1 Å². The van der Waals surface area contributed by atoms with Crippen molar-refractivity contribution in [3.05, 3.63) is 23.8 Å². The first-order valence-corrected chi connectivity index (χ1v) is 6.48. The smallest absolute Gasteiger partial charge is 0.255 e. The van der Waals surface area contributed by atoms with E-state index in [2.05, 4.69) is 0 Å². The number of amides is 1. The molecule has 1 aromatic carbocycles. The molecule has 1 aromatic rings. The molecule has 0 unspecified atom stereocenters. The van der Waals surface area contributed by atoms with Gasteiger partial charge in [-0.05, 0) is 17.7 Å². The summed E-state index contributed by atoms with van der Waals surface area (Å²) in [5, 5.41) is 0. The van der Waals surface area contributed by atoms with E-state index < -0.39 is 18.9 Å². The molecule has 5 nitrogen and oxygen atoms in total. The standard InChI is InChI=1S/C14H20F2N2O3/c1-20-11-4-3-10(7-12(11)21-2)8-14(19)18(6-5-17)9-13(15)16/h3-4,7,13H,5-6,8-9,17H2,1-2H3. The number of nitrogens with zero attached hydrogens (tertiary/aromatic N) is 1. The van der Waals surface area contributed by atoms with Gasteiger partial charge in [-0.15, -0.1) is 0 Å². The van der Waals surface area contributed by atoms with E-state index in [1.54, 1.807) is 18.2 Å².